The van der Waals surface area contributed by atoms with Gasteiger partial charge in [-0.15, -0.1) is 24.8 Å². The topological polar surface area (TPSA) is 35.9 Å². The van der Waals surface area contributed by atoms with Gasteiger partial charge in [0.1, 0.15) is 5.75 Å². The van der Waals surface area contributed by atoms with Crippen molar-refractivity contribution >= 4 is 30.5 Å². The Bertz CT molecular complexity index is 718. The van der Waals surface area contributed by atoms with Gasteiger partial charge in [-0.1, -0.05) is 30.3 Å². The minimum absolute atomic E-state index is 0. The van der Waals surface area contributed by atoms with Gasteiger partial charge in [0.2, 0.25) is 0 Å². The average molecular weight is 455 g/mol. The number of nitrogens with zero attached hydrogens (tertiary/aromatic N) is 2. The second kappa shape index (κ2) is 12.4. The lowest BCUT2D eigenvalue weighted by Gasteiger charge is -2.39. The van der Waals surface area contributed by atoms with E-state index in [0.717, 1.165) is 56.9 Å². The number of anilines is 1. The Morgan fingerprint density at radius 3 is 2.17 bits per heavy atom. The summed E-state index contributed by atoms with van der Waals surface area (Å²) in [6, 6.07) is 18.8. The maximum absolute atomic E-state index is 11.0. The molecule has 1 saturated heterocycles. The molecule has 1 N–H and O–H groups in total. The summed E-state index contributed by atoms with van der Waals surface area (Å²) >= 11 is 0. The average Bonchev–Trinajstić information content (AvgIpc) is 2.69. The van der Waals surface area contributed by atoms with Crippen molar-refractivity contribution in [3.63, 3.8) is 0 Å². The molecule has 0 bridgehead atoms. The molecule has 1 aliphatic rings. The summed E-state index contributed by atoms with van der Waals surface area (Å²) in [7, 11) is 2.09. The number of ether oxygens (including phenoxy) is 1. The predicted octanol–water partition coefficient (Wildman–Crippen LogP) is 5.17. The Labute approximate surface area is 194 Å². The number of piperidine rings is 1. The Morgan fingerprint density at radius 2 is 1.60 bits per heavy atom. The summed E-state index contributed by atoms with van der Waals surface area (Å²) in [6.07, 6.45) is 2.67. The van der Waals surface area contributed by atoms with Crippen LogP contribution in [0.2, 0.25) is 0 Å². The highest BCUT2D eigenvalue weighted by Crippen LogP contribution is 2.28. The van der Waals surface area contributed by atoms with Gasteiger partial charge >= 0.3 is 0 Å². The molecule has 0 spiro atoms. The number of hydrogen-bond donors (Lipinski definition) is 1. The van der Waals surface area contributed by atoms with Gasteiger partial charge in [0.15, 0.2) is 0 Å². The van der Waals surface area contributed by atoms with E-state index < -0.39 is 5.60 Å². The SMILES string of the molecule is CC(C)Oc1ccc(N(C)CCC2(O)CCN(Cc3ccccc3)CC2)cc1.Cl.Cl. The van der Waals surface area contributed by atoms with Gasteiger partial charge in [0.05, 0.1) is 11.7 Å². The summed E-state index contributed by atoms with van der Waals surface area (Å²) in [5.74, 6) is 0.900. The Morgan fingerprint density at radius 1 is 1.00 bits per heavy atom. The van der Waals surface area contributed by atoms with Crippen LogP contribution in [0.1, 0.15) is 38.7 Å². The Kier molecular flexibility index (Phi) is 11.0. The molecule has 0 aromatic heterocycles. The van der Waals surface area contributed by atoms with E-state index in [1.807, 2.05) is 26.0 Å². The summed E-state index contributed by atoms with van der Waals surface area (Å²) < 4.78 is 5.71. The molecule has 0 radical (unpaired) electrons. The summed E-state index contributed by atoms with van der Waals surface area (Å²) in [6.45, 7) is 7.80. The third-order valence-corrected chi connectivity index (χ3v) is 5.60. The van der Waals surface area contributed by atoms with Crippen LogP contribution in [-0.2, 0) is 6.54 Å². The van der Waals surface area contributed by atoms with Crippen molar-refractivity contribution in [3.8, 4) is 5.75 Å². The first-order valence-electron chi connectivity index (χ1n) is 10.4. The van der Waals surface area contributed by atoms with E-state index in [9.17, 15) is 5.11 Å². The van der Waals surface area contributed by atoms with E-state index in [4.69, 9.17) is 4.74 Å². The predicted molar refractivity (Wildman–Crippen MR) is 130 cm³/mol. The van der Waals surface area contributed by atoms with Crippen LogP contribution in [0.15, 0.2) is 54.6 Å². The van der Waals surface area contributed by atoms with Gasteiger partial charge in [-0.25, -0.2) is 0 Å². The maximum atomic E-state index is 11.0. The van der Waals surface area contributed by atoms with Crippen molar-refractivity contribution in [1.29, 1.82) is 0 Å². The summed E-state index contributed by atoms with van der Waals surface area (Å²) in [4.78, 5) is 4.66. The van der Waals surface area contributed by atoms with Crippen molar-refractivity contribution in [2.75, 3.05) is 31.6 Å². The molecule has 6 heteroatoms. The van der Waals surface area contributed by atoms with E-state index in [1.54, 1.807) is 0 Å². The highest BCUT2D eigenvalue weighted by atomic mass is 35.5. The van der Waals surface area contributed by atoms with Gasteiger partial charge in [0, 0.05) is 38.9 Å². The fourth-order valence-corrected chi connectivity index (χ4v) is 3.78. The van der Waals surface area contributed by atoms with Crippen molar-refractivity contribution in [2.24, 2.45) is 0 Å². The van der Waals surface area contributed by atoms with Crippen LogP contribution in [0.25, 0.3) is 0 Å². The number of benzene rings is 2. The first kappa shape index (κ1) is 26.6. The Hall–Kier alpha value is -1.46. The largest absolute Gasteiger partial charge is 0.491 e. The minimum atomic E-state index is -0.553. The number of hydrogen-bond acceptors (Lipinski definition) is 4. The Balaban J connectivity index is 0.00000225. The quantitative estimate of drug-likeness (QED) is 0.596. The molecular weight excluding hydrogens is 419 g/mol. The van der Waals surface area contributed by atoms with Crippen LogP contribution in [0.4, 0.5) is 5.69 Å². The zero-order valence-corrected chi connectivity index (χ0v) is 19.9. The van der Waals surface area contributed by atoms with E-state index in [0.29, 0.717) is 0 Å². The molecule has 1 fully saturated rings. The lowest BCUT2D eigenvalue weighted by atomic mass is 9.88. The van der Waals surface area contributed by atoms with Gasteiger partial charge in [-0.3, -0.25) is 4.90 Å². The number of halogens is 2. The normalized spacial score (nSPS) is 15.8. The van der Waals surface area contributed by atoms with Crippen LogP contribution in [-0.4, -0.2) is 48.4 Å². The smallest absolute Gasteiger partial charge is 0.119 e. The maximum Gasteiger partial charge on any atom is 0.119 e. The highest BCUT2D eigenvalue weighted by molar-refractivity contribution is 5.85. The molecule has 0 aliphatic carbocycles. The molecule has 3 rings (SSSR count). The first-order valence-corrected chi connectivity index (χ1v) is 10.4. The van der Waals surface area contributed by atoms with Crippen molar-refractivity contribution in [1.82, 2.24) is 4.90 Å². The molecule has 2 aromatic carbocycles. The fourth-order valence-electron chi connectivity index (χ4n) is 3.78. The van der Waals surface area contributed by atoms with Crippen molar-refractivity contribution < 1.29 is 9.84 Å². The fraction of sp³-hybridized carbons (Fsp3) is 0.500. The number of aliphatic hydroxyl groups is 1. The van der Waals surface area contributed by atoms with Crippen molar-refractivity contribution in [2.45, 2.75) is 51.4 Å². The number of rotatable bonds is 8. The molecule has 30 heavy (non-hydrogen) atoms. The zero-order chi connectivity index (χ0) is 20.0. The first-order chi connectivity index (χ1) is 13.4. The van der Waals surface area contributed by atoms with Crippen LogP contribution in [0, 0.1) is 0 Å². The monoisotopic (exact) mass is 454 g/mol. The van der Waals surface area contributed by atoms with Crippen LogP contribution >= 0.6 is 24.8 Å². The molecule has 2 aromatic rings. The molecule has 168 valence electrons. The molecule has 0 amide bonds. The van der Waals surface area contributed by atoms with Crippen LogP contribution < -0.4 is 9.64 Å². The van der Waals surface area contributed by atoms with Gasteiger partial charge in [-0.05, 0) is 62.9 Å². The zero-order valence-electron chi connectivity index (χ0n) is 18.3. The molecule has 0 saturated carbocycles. The van der Waals surface area contributed by atoms with Gasteiger partial charge in [0.25, 0.3) is 0 Å². The molecule has 0 unspecified atom stereocenters. The lowest BCUT2D eigenvalue weighted by molar-refractivity contribution is -0.0275. The standard InChI is InChI=1S/C24H34N2O2.2ClH/c1-20(2)28-23-11-9-22(10-12-23)25(3)16-13-24(27)14-17-26(18-15-24)19-21-7-5-4-6-8-21;;/h4-12,20,27H,13-19H2,1-3H3;2*1H. The van der Waals surface area contributed by atoms with Crippen LogP contribution in [0.5, 0.6) is 5.75 Å². The third-order valence-electron chi connectivity index (χ3n) is 5.60. The highest BCUT2D eigenvalue weighted by Gasteiger charge is 2.32. The second-order valence-corrected chi connectivity index (χ2v) is 8.32. The second-order valence-electron chi connectivity index (χ2n) is 8.32. The molecule has 1 heterocycles. The number of likely N-dealkylation sites (tertiary alicyclic amines) is 1. The van der Waals surface area contributed by atoms with E-state index in [-0.39, 0.29) is 30.9 Å². The van der Waals surface area contributed by atoms with Gasteiger partial charge < -0.3 is 14.7 Å². The van der Waals surface area contributed by atoms with Crippen LogP contribution in [0.3, 0.4) is 0 Å². The molecule has 1 aliphatic heterocycles. The summed E-state index contributed by atoms with van der Waals surface area (Å²) in [5, 5.41) is 11.0. The molecular formula is C24H36Cl2N2O2. The van der Waals surface area contributed by atoms with E-state index in [1.165, 1.54) is 5.56 Å². The molecule has 4 nitrogen and oxygen atoms in total. The van der Waals surface area contributed by atoms with Crippen molar-refractivity contribution in [3.05, 3.63) is 60.2 Å². The van der Waals surface area contributed by atoms with Gasteiger partial charge in [-0.2, -0.15) is 0 Å². The van der Waals surface area contributed by atoms with E-state index >= 15 is 0 Å². The minimum Gasteiger partial charge on any atom is -0.491 e. The summed E-state index contributed by atoms with van der Waals surface area (Å²) in [5.41, 5.74) is 1.95. The lowest BCUT2D eigenvalue weighted by Crippen LogP contribution is -2.45. The molecule has 0 atom stereocenters. The van der Waals surface area contributed by atoms with E-state index in [2.05, 4.69) is 59.3 Å². The third kappa shape index (κ3) is 7.99.